The maximum atomic E-state index is 2.32. The summed E-state index contributed by atoms with van der Waals surface area (Å²) in [6.45, 7) is 17.4. The molecule has 1 saturated carbocycles. The molecule has 8 aromatic carbocycles. The van der Waals surface area contributed by atoms with Crippen LogP contribution in [0.15, 0.2) is 216 Å². The second-order valence-electron chi connectivity index (χ2n) is 17.9. The van der Waals surface area contributed by atoms with Gasteiger partial charge in [0.25, 0.3) is 0 Å². The molecule has 0 bridgehead atoms. The molecule has 1 fully saturated rings. The Morgan fingerprint density at radius 3 is 0.344 bits per heavy atom. The second-order valence-corrected chi connectivity index (χ2v) is 17.9. The first-order valence-corrected chi connectivity index (χ1v) is 22.6. The molecular formula is C64H56. The highest BCUT2D eigenvalue weighted by Crippen LogP contribution is 2.60. The topological polar surface area (TPSA) is 0 Å². The molecule has 0 aliphatic heterocycles. The summed E-state index contributed by atoms with van der Waals surface area (Å²) in [5, 5.41) is 0. The summed E-state index contributed by atoms with van der Waals surface area (Å²) in [4.78, 5) is 0. The SMILES string of the molecule is Cc1ccc(C(=C2C(=C(c3ccc(C)cc3)c3ccc(C)cc3)C(=C(c3ccc(C)cc3)c3ccc(C)cc3)C2=C(c2ccc(C)cc2)c2ccc(C)cc2)c2ccc(C)cc2)cc1. The first-order valence-electron chi connectivity index (χ1n) is 22.6. The lowest BCUT2D eigenvalue weighted by molar-refractivity contribution is 1.22. The quantitative estimate of drug-likeness (QED) is 0.143. The molecule has 0 heteroatoms. The van der Waals surface area contributed by atoms with Crippen molar-refractivity contribution in [3.63, 3.8) is 0 Å². The van der Waals surface area contributed by atoms with Crippen LogP contribution in [-0.4, -0.2) is 0 Å². The van der Waals surface area contributed by atoms with Crippen LogP contribution in [0.5, 0.6) is 0 Å². The molecule has 64 heavy (non-hydrogen) atoms. The van der Waals surface area contributed by atoms with Crippen LogP contribution in [-0.2, 0) is 0 Å². The Morgan fingerprint density at radius 1 is 0.156 bits per heavy atom. The van der Waals surface area contributed by atoms with Crippen LogP contribution in [0, 0.1) is 55.4 Å². The Hall–Kier alpha value is -7.28. The van der Waals surface area contributed by atoms with Gasteiger partial charge in [0.2, 0.25) is 0 Å². The molecule has 1 aliphatic carbocycles. The van der Waals surface area contributed by atoms with Gasteiger partial charge in [0, 0.05) is 0 Å². The molecule has 8 aromatic rings. The first-order chi connectivity index (χ1) is 31.0. The minimum absolute atomic E-state index is 1.19. The summed E-state index contributed by atoms with van der Waals surface area (Å²) in [6.07, 6.45) is 0. The largest absolute Gasteiger partial charge is 0.0587 e. The average Bonchev–Trinajstić information content (AvgIpc) is 3.30. The van der Waals surface area contributed by atoms with E-state index >= 15 is 0 Å². The Balaban J connectivity index is 1.62. The molecule has 0 amide bonds. The van der Waals surface area contributed by atoms with Crippen LogP contribution in [0.25, 0.3) is 22.3 Å². The Bertz CT molecular complexity index is 2450. The lowest BCUT2D eigenvalue weighted by Gasteiger charge is -2.40. The third-order valence-corrected chi connectivity index (χ3v) is 12.7. The lowest BCUT2D eigenvalue weighted by Crippen LogP contribution is -2.23. The zero-order chi connectivity index (χ0) is 44.5. The average molecular weight is 825 g/mol. The molecule has 0 aromatic heterocycles. The fourth-order valence-electron chi connectivity index (χ4n) is 9.02. The number of benzene rings is 8. The van der Waals surface area contributed by atoms with Crippen molar-refractivity contribution in [1.82, 2.24) is 0 Å². The highest BCUT2D eigenvalue weighted by atomic mass is 14.4. The fraction of sp³-hybridized carbons (Fsp3) is 0.125. The Kier molecular flexibility index (Phi) is 11.7. The van der Waals surface area contributed by atoms with E-state index in [2.05, 4.69) is 250 Å². The predicted octanol–water partition coefficient (Wildman–Crippen LogP) is 16.5. The number of allylic oxidation sites excluding steroid dienone is 4. The molecule has 0 spiro atoms. The zero-order valence-electron chi connectivity index (χ0n) is 38.5. The molecule has 0 N–H and O–H groups in total. The van der Waals surface area contributed by atoms with Gasteiger partial charge in [-0.05, 0) is 144 Å². The summed E-state index contributed by atoms with van der Waals surface area (Å²) in [7, 11) is 0. The summed E-state index contributed by atoms with van der Waals surface area (Å²) in [5.41, 5.74) is 29.2. The predicted molar refractivity (Wildman–Crippen MR) is 274 cm³/mol. The van der Waals surface area contributed by atoms with Crippen LogP contribution in [0.1, 0.15) is 89.0 Å². The first kappa shape index (κ1) is 42.0. The van der Waals surface area contributed by atoms with Crippen LogP contribution in [0.3, 0.4) is 0 Å². The number of rotatable bonds is 8. The fourth-order valence-corrected chi connectivity index (χ4v) is 9.02. The van der Waals surface area contributed by atoms with Crippen molar-refractivity contribution in [2.24, 2.45) is 0 Å². The molecular weight excluding hydrogens is 769 g/mol. The molecule has 0 atom stereocenters. The van der Waals surface area contributed by atoms with Crippen LogP contribution in [0.4, 0.5) is 0 Å². The Morgan fingerprint density at radius 2 is 0.250 bits per heavy atom. The van der Waals surface area contributed by atoms with E-state index in [-0.39, 0.29) is 0 Å². The third-order valence-electron chi connectivity index (χ3n) is 12.7. The van der Waals surface area contributed by atoms with Gasteiger partial charge in [0.1, 0.15) is 0 Å². The van der Waals surface area contributed by atoms with Crippen molar-refractivity contribution >= 4 is 22.3 Å². The van der Waals surface area contributed by atoms with Gasteiger partial charge in [-0.25, -0.2) is 0 Å². The van der Waals surface area contributed by atoms with Gasteiger partial charge in [-0.1, -0.05) is 239 Å². The van der Waals surface area contributed by atoms with Crippen molar-refractivity contribution in [3.8, 4) is 0 Å². The lowest BCUT2D eigenvalue weighted by atomic mass is 9.61. The van der Waals surface area contributed by atoms with Crippen LogP contribution >= 0.6 is 0 Å². The molecule has 1 aliphatic rings. The van der Waals surface area contributed by atoms with E-state index in [0.717, 1.165) is 0 Å². The molecule has 312 valence electrons. The molecule has 0 heterocycles. The van der Waals surface area contributed by atoms with Gasteiger partial charge < -0.3 is 0 Å². The summed E-state index contributed by atoms with van der Waals surface area (Å²) >= 11 is 0. The maximum absolute atomic E-state index is 2.32. The van der Waals surface area contributed by atoms with Gasteiger partial charge in [-0.3, -0.25) is 0 Å². The van der Waals surface area contributed by atoms with E-state index in [4.69, 9.17) is 0 Å². The van der Waals surface area contributed by atoms with E-state index in [9.17, 15) is 0 Å². The molecule has 9 rings (SSSR count). The second kappa shape index (κ2) is 17.8. The Labute approximate surface area is 381 Å². The summed E-state index contributed by atoms with van der Waals surface area (Å²) in [6, 6.07) is 73.4. The highest BCUT2D eigenvalue weighted by Gasteiger charge is 2.42. The summed E-state index contributed by atoms with van der Waals surface area (Å²) in [5.74, 6) is 0. The van der Waals surface area contributed by atoms with Gasteiger partial charge in [-0.2, -0.15) is 0 Å². The minimum atomic E-state index is 1.19. The van der Waals surface area contributed by atoms with E-state index < -0.39 is 0 Å². The highest BCUT2D eigenvalue weighted by molar-refractivity contribution is 6.13. The molecule has 0 unspecified atom stereocenters. The van der Waals surface area contributed by atoms with Gasteiger partial charge >= 0.3 is 0 Å². The summed E-state index contributed by atoms with van der Waals surface area (Å²) < 4.78 is 0. The zero-order valence-corrected chi connectivity index (χ0v) is 38.5. The molecule has 0 radical (unpaired) electrons. The molecule has 0 nitrogen and oxygen atoms in total. The monoisotopic (exact) mass is 824 g/mol. The minimum Gasteiger partial charge on any atom is -0.0587 e. The van der Waals surface area contributed by atoms with E-state index in [1.807, 2.05) is 0 Å². The van der Waals surface area contributed by atoms with E-state index in [0.29, 0.717) is 0 Å². The van der Waals surface area contributed by atoms with Crippen molar-refractivity contribution in [2.45, 2.75) is 55.4 Å². The van der Waals surface area contributed by atoms with Crippen molar-refractivity contribution in [2.75, 3.05) is 0 Å². The smallest absolute Gasteiger partial charge is 0.0000936 e. The standard InChI is InChI=1S/C64H56/c1-41-9-25-49(26-10-41)57(50-27-11-42(2)12-28-50)61-62(58(51-29-13-43(3)14-30-51)52-31-15-44(4)16-32-52)64(60(55-37-21-47(7)22-38-55)56-39-23-48(8)24-40-56)63(61)59(53-33-17-45(5)18-34-53)54-35-19-46(6)20-36-54/h9-40H,1-8H3. The number of hydrogen-bond donors (Lipinski definition) is 0. The van der Waals surface area contributed by atoms with Crippen LogP contribution < -0.4 is 0 Å². The van der Waals surface area contributed by atoms with Gasteiger partial charge in [-0.15, -0.1) is 0 Å². The van der Waals surface area contributed by atoms with Crippen LogP contribution in [0.2, 0.25) is 0 Å². The number of hydrogen-bond acceptors (Lipinski definition) is 0. The maximum Gasteiger partial charge on any atom is -0.0000936 e. The van der Waals surface area contributed by atoms with Crippen molar-refractivity contribution < 1.29 is 0 Å². The number of aryl methyl sites for hydroxylation is 8. The van der Waals surface area contributed by atoms with E-state index in [1.165, 1.54) is 134 Å². The van der Waals surface area contributed by atoms with Gasteiger partial charge in [0.05, 0.1) is 0 Å². The van der Waals surface area contributed by atoms with Crippen molar-refractivity contribution in [3.05, 3.63) is 305 Å². The van der Waals surface area contributed by atoms with Gasteiger partial charge in [0.15, 0.2) is 0 Å². The molecule has 0 saturated heterocycles. The normalized spacial score (nSPS) is 12.2. The van der Waals surface area contributed by atoms with E-state index in [1.54, 1.807) is 0 Å². The third kappa shape index (κ3) is 8.45. The van der Waals surface area contributed by atoms with Crippen molar-refractivity contribution in [1.29, 1.82) is 0 Å².